The molecule has 0 spiro atoms. The molecular formula is C23H20N4O3. The molecule has 30 heavy (non-hydrogen) atoms. The van der Waals surface area contributed by atoms with Crippen molar-refractivity contribution in [2.24, 2.45) is 0 Å². The molecule has 0 saturated carbocycles. The molecule has 5 rings (SSSR count). The smallest absolute Gasteiger partial charge is 0.232 e. The van der Waals surface area contributed by atoms with E-state index in [1.54, 1.807) is 35.0 Å². The van der Waals surface area contributed by atoms with E-state index >= 15 is 0 Å². The number of hydrogen-bond acceptors (Lipinski definition) is 6. The predicted octanol–water partition coefficient (Wildman–Crippen LogP) is 4.19. The second-order valence-corrected chi connectivity index (χ2v) is 6.99. The van der Waals surface area contributed by atoms with E-state index in [0.717, 1.165) is 22.2 Å². The third-order valence-corrected chi connectivity index (χ3v) is 4.91. The molecule has 5 aromatic rings. The molecule has 0 fully saturated rings. The van der Waals surface area contributed by atoms with Crippen LogP contribution < -0.4 is 10.1 Å². The maximum absolute atomic E-state index is 9.82. The zero-order valence-corrected chi connectivity index (χ0v) is 16.3. The van der Waals surface area contributed by atoms with Gasteiger partial charge in [0.2, 0.25) is 5.88 Å². The topological polar surface area (TPSA) is 84.8 Å². The van der Waals surface area contributed by atoms with Crippen molar-refractivity contribution in [3.63, 3.8) is 0 Å². The summed E-state index contributed by atoms with van der Waals surface area (Å²) in [6, 6.07) is 20.5. The largest absolute Gasteiger partial charge is 0.508 e. The van der Waals surface area contributed by atoms with E-state index < -0.39 is 0 Å². The average molecular weight is 400 g/mol. The number of ether oxygens (including phenoxy) is 1. The van der Waals surface area contributed by atoms with Crippen LogP contribution >= 0.6 is 0 Å². The number of likely N-dealkylation sites (N-methyl/N-ethyl adjacent to an activating group) is 1. The first-order chi connectivity index (χ1) is 14.7. The molecule has 0 aliphatic carbocycles. The Balaban J connectivity index is 1.51. The van der Waals surface area contributed by atoms with Gasteiger partial charge in [-0.25, -0.2) is 9.50 Å². The maximum atomic E-state index is 9.82. The zero-order chi connectivity index (χ0) is 20.5. The number of furan rings is 1. The fourth-order valence-corrected chi connectivity index (χ4v) is 3.48. The first-order valence-corrected chi connectivity index (χ1v) is 9.65. The van der Waals surface area contributed by atoms with E-state index in [-0.39, 0.29) is 11.9 Å². The van der Waals surface area contributed by atoms with Gasteiger partial charge < -0.3 is 19.6 Å². The van der Waals surface area contributed by atoms with Gasteiger partial charge in [-0.2, -0.15) is 0 Å². The number of imidazole rings is 1. The minimum Gasteiger partial charge on any atom is -0.508 e. The van der Waals surface area contributed by atoms with Crippen LogP contribution in [0.2, 0.25) is 0 Å². The number of aromatic nitrogens is 3. The van der Waals surface area contributed by atoms with Crippen molar-refractivity contribution in [2.75, 3.05) is 13.6 Å². The summed E-state index contributed by atoms with van der Waals surface area (Å²) in [6.45, 7) is 0.559. The quantitative estimate of drug-likeness (QED) is 0.445. The summed E-state index contributed by atoms with van der Waals surface area (Å²) >= 11 is 0. The van der Waals surface area contributed by atoms with E-state index in [0.29, 0.717) is 23.8 Å². The highest BCUT2D eigenvalue weighted by Crippen LogP contribution is 2.29. The molecule has 0 amide bonds. The Labute approximate surface area is 172 Å². The number of rotatable bonds is 6. The first-order valence-electron chi connectivity index (χ1n) is 9.65. The van der Waals surface area contributed by atoms with Gasteiger partial charge in [-0.1, -0.05) is 30.3 Å². The summed E-state index contributed by atoms with van der Waals surface area (Å²) in [5.41, 5.74) is 3.11. The van der Waals surface area contributed by atoms with Gasteiger partial charge in [0.25, 0.3) is 0 Å². The number of phenols is 1. The molecule has 0 radical (unpaired) electrons. The summed E-state index contributed by atoms with van der Waals surface area (Å²) < 4.78 is 13.9. The van der Waals surface area contributed by atoms with Gasteiger partial charge in [0.05, 0.1) is 6.20 Å². The summed E-state index contributed by atoms with van der Waals surface area (Å²) in [4.78, 5) is 4.43. The Morgan fingerprint density at radius 2 is 2.00 bits per heavy atom. The van der Waals surface area contributed by atoms with Crippen molar-refractivity contribution >= 4 is 16.6 Å². The Morgan fingerprint density at radius 3 is 2.83 bits per heavy atom. The third-order valence-electron chi connectivity index (χ3n) is 4.91. The summed E-state index contributed by atoms with van der Waals surface area (Å²) in [5.74, 6) is 1.33. The number of fused-ring (bicyclic) bond motifs is 2. The van der Waals surface area contributed by atoms with Crippen molar-refractivity contribution < 1.29 is 14.3 Å². The zero-order valence-electron chi connectivity index (χ0n) is 16.3. The van der Waals surface area contributed by atoms with E-state index in [1.807, 2.05) is 49.5 Å². The van der Waals surface area contributed by atoms with Crippen LogP contribution in [0.25, 0.3) is 28.1 Å². The lowest BCUT2D eigenvalue weighted by atomic mass is 10.1. The van der Waals surface area contributed by atoms with Crippen LogP contribution in [0, 0.1) is 0 Å². The first kappa shape index (κ1) is 18.2. The molecule has 3 heterocycles. The second-order valence-electron chi connectivity index (χ2n) is 6.99. The van der Waals surface area contributed by atoms with Gasteiger partial charge in [-0.15, -0.1) is 5.10 Å². The normalized spacial score (nSPS) is 12.4. The molecule has 0 bridgehead atoms. The molecule has 7 nitrogen and oxygen atoms in total. The van der Waals surface area contributed by atoms with E-state index in [4.69, 9.17) is 9.15 Å². The molecule has 2 N–H and O–H groups in total. The number of nitrogens with one attached hydrogen (secondary N) is 1. The number of aromatic hydroxyl groups is 1. The fraction of sp³-hybridized carbons (Fsp3) is 0.130. The lowest BCUT2D eigenvalue weighted by Gasteiger charge is -2.19. The number of phenolic OH excluding ortho intramolecular Hbond substituents is 1. The van der Waals surface area contributed by atoms with Crippen molar-refractivity contribution in [3.05, 3.63) is 78.5 Å². The molecule has 150 valence electrons. The maximum Gasteiger partial charge on any atom is 0.232 e. The van der Waals surface area contributed by atoms with E-state index in [2.05, 4.69) is 15.4 Å². The summed E-state index contributed by atoms with van der Waals surface area (Å²) in [7, 11) is 1.85. The van der Waals surface area contributed by atoms with Crippen LogP contribution in [-0.4, -0.2) is 33.3 Å². The fourth-order valence-electron chi connectivity index (χ4n) is 3.48. The minimum absolute atomic E-state index is 0.197. The van der Waals surface area contributed by atoms with Crippen LogP contribution in [0.5, 0.6) is 11.6 Å². The number of benzene rings is 2. The van der Waals surface area contributed by atoms with Crippen LogP contribution in [0.1, 0.15) is 11.7 Å². The molecule has 3 aromatic heterocycles. The van der Waals surface area contributed by atoms with Crippen molar-refractivity contribution in [1.82, 2.24) is 19.9 Å². The molecule has 2 aromatic carbocycles. The Hall–Kier alpha value is -3.84. The van der Waals surface area contributed by atoms with Crippen LogP contribution in [0.3, 0.4) is 0 Å². The third kappa shape index (κ3) is 3.35. The van der Waals surface area contributed by atoms with Crippen LogP contribution in [-0.2, 0) is 0 Å². The summed E-state index contributed by atoms with van der Waals surface area (Å²) in [5, 5.41) is 18.6. The Bertz CT molecular complexity index is 1290. The SMILES string of the molecule is CNC[C@H](Oc1ccc2ncc(-c3cc4ccccc4o3)n2n1)c1cccc(O)c1. The standard InChI is InChI=1S/C23H20N4O3/c1-24-14-21(15-6-4-7-17(28)11-15)30-23-10-9-22-25-13-18(27(22)26-23)20-12-16-5-2-3-8-19(16)29-20/h2-13,21,24,28H,14H2,1H3/t21-/m0/s1. The van der Waals surface area contributed by atoms with Crippen molar-refractivity contribution in [1.29, 1.82) is 0 Å². The monoisotopic (exact) mass is 400 g/mol. The highest BCUT2D eigenvalue weighted by molar-refractivity contribution is 5.82. The van der Waals surface area contributed by atoms with E-state index in [9.17, 15) is 5.11 Å². The molecular weight excluding hydrogens is 380 g/mol. The van der Waals surface area contributed by atoms with Crippen molar-refractivity contribution in [3.8, 4) is 23.1 Å². The Kier molecular flexibility index (Phi) is 4.57. The van der Waals surface area contributed by atoms with Gasteiger partial charge in [-0.3, -0.25) is 0 Å². The van der Waals surface area contributed by atoms with Gasteiger partial charge >= 0.3 is 0 Å². The van der Waals surface area contributed by atoms with Crippen molar-refractivity contribution in [2.45, 2.75) is 6.10 Å². The lowest BCUT2D eigenvalue weighted by Crippen LogP contribution is -2.22. The minimum atomic E-state index is -0.315. The van der Waals surface area contributed by atoms with Gasteiger partial charge in [-0.05, 0) is 42.9 Å². The molecule has 1 atom stereocenters. The van der Waals surface area contributed by atoms with Gasteiger partial charge in [0, 0.05) is 18.0 Å². The molecule has 7 heteroatoms. The lowest BCUT2D eigenvalue weighted by molar-refractivity contribution is 0.193. The average Bonchev–Trinajstić information content (AvgIpc) is 3.37. The van der Waals surface area contributed by atoms with Crippen LogP contribution in [0.15, 0.2) is 77.3 Å². The molecule has 0 aliphatic rings. The number of hydrogen-bond donors (Lipinski definition) is 2. The predicted molar refractivity (Wildman–Crippen MR) is 114 cm³/mol. The number of nitrogens with zero attached hydrogens (tertiary/aromatic N) is 3. The van der Waals surface area contributed by atoms with Gasteiger partial charge in [0.15, 0.2) is 11.4 Å². The summed E-state index contributed by atoms with van der Waals surface area (Å²) in [6.07, 6.45) is 1.43. The highest BCUT2D eigenvalue weighted by Gasteiger charge is 2.17. The van der Waals surface area contributed by atoms with Crippen LogP contribution in [0.4, 0.5) is 0 Å². The number of para-hydroxylation sites is 1. The second kappa shape index (κ2) is 7.53. The van der Waals surface area contributed by atoms with Gasteiger partial charge in [0.1, 0.15) is 23.1 Å². The molecule has 0 unspecified atom stereocenters. The highest BCUT2D eigenvalue weighted by atomic mass is 16.5. The Morgan fingerprint density at radius 1 is 1.10 bits per heavy atom. The molecule has 0 saturated heterocycles. The van der Waals surface area contributed by atoms with E-state index in [1.165, 1.54) is 0 Å². The molecule has 0 aliphatic heterocycles.